The van der Waals surface area contributed by atoms with Crippen LogP contribution in [0.15, 0.2) is 47.6 Å². The van der Waals surface area contributed by atoms with Gasteiger partial charge in [0.15, 0.2) is 0 Å². The molecule has 5 heteroatoms. The highest BCUT2D eigenvalue weighted by molar-refractivity contribution is 9.10. The van der Waals surface area contributed by atoms with Gasteiger partial charge in [0.1, 0.15) is 12.7 Å². The van der Waals surface area contributed by atoms with Crippen molar-refractivity contribution in [3.8, 4) is 0 Å². The molecule has 0 aliphatic carbocycles. The summed E-state index contributed by atoms with van der Waals surface area (Å²) in [5.74, 6) is 0. The number of halogens is 1. The number of pyridine rings is 1. The van der Waals surface area contributed by atoms with E-state index in [9.17, 15) is 0 Å². The topological polar surface area (TPSA) is 43.6 Å². The number of aromatic nitrogens is 4. The van der Waals surface area contributed by atoms with E-state index in [1.54, 1.807) is 17.2 Å². The average molecular weight is 289 g/mol. The predicted molar refractivity (Wildman–Crippen MR) is 68.6 cm³/mol. The van der Waals surface area contributed by atoms with E-state index in [4.69, 9.17) is 0 Å². The lowest BCUT2D eigenvalue weighted by Crippen LogP contribution is -2.01. The first-order valence-electron chi connectivity index (χ1n) is 5.19. The summed E-state index contributed by atoms with van der Waals surface area (Å²) in [6.45, 7) is 0.681. The van der Waals surface area contributed by atoms with Crippen molar-refractivity contribution in [2.75, 3.05) is 0 Å². The number of fused-ring (bicyclic) bond motifs is 1. The van der Waals surface area contributed by atoms with Gasteiger partial charge in [0, 0.05) is 16.1 Å². The molecule has 1 aromatic carbocycles. The molecule has 0 unspecified atom stereocenters. The molecule has 0 amide bonds. The van der Waals surface area contributed by atoms with E-state index in [2.05, 4.69) is 43.1 Å². The lowest BCUT2D eigenvalue weighted by molar-refractivity contribution is 0.687. The lowest BCUT2D eigenvalue weighted by atomic mass is 10.1. The standard InChI is InChI=1S/C12H9BrN4/c13-11-4-3-9(6-17-8-14-7-16-17)12-10(11)2-1-5-15-12/h1-5,7-8H,6H2. The van der Waals surface area contributed by atoms with E-state index in [-0.39, 0.29) is 0 Å². The molecule has 0 fully saturated rings. The van der Waals surface area contributed by atoms with Crippen LogP contribution in [0.1, 0.15) is 5.56 Å². The van der Waals surface area contributed by atoms with E-state index in [0.717, 1.165) is 20.9 Å². The summed E-state index contributed by atoms with van der Waals surface area (Å²) in [4.78, 5) is 8.37. The Kier molecular flexibility index (Phi) is 2.60. The van der Waals surface area contributed by atoms with Crippen LogP contribution in [-0.4, -0.2) is 19.7 Å². The molecule has 3 aromatic rings. The quantitative estimate of drug-likeness (QED) is 0.728. The minimum atomic E-state index is 0.681. The fourth-order valence-electron chi connectivity index (χ4n) is 1.81. The molecule has 0 radical (unpaired) electrons. The third-order valence-corrected chi connectivity index (χ3v) is 3.29. The fourth-order valence-corrected chi connectivity index (χ4v) is 2.26. The van der Waals surface area contributed by atoms with Crippen molar-refractivity contribution >= 4 is 26.8 Å². The monoisotopic (exact) mass is 288 g/mol. The van der Waals surface area contributed by atoms with Gasteiger partial charge >= 0.3 is 0 Å². The number of nitrogens with zero attached hydrogens (tertiary/aromatic N) is 4. The summed E-state index contributed by atoms with van der Waals surface area (Å²) in [5, 5.41) is 5.22. The summed E-state index contributed by atoms with van der Waals surface area (Å²) in [7, 11) is 0. The molecular formula is C12H9BrN4. The van der Waals surface area contributed by atoms with Crippen molar-refractivity contribution in [1.82, 2.24) is 19.7 Å². The number of benzene rings is 1. The molecule has 17 heavy (non-hydrogen) atoms. The first kappa shape index (κ1) is 10.4. The maximum absolute atomic E-state index is 4.43. The molecule has 2 aromatic heterocycles. The molecule has 2 heterocycles. The molecule has 0 saturated heterocycles. The summed E-state index contributed by atoms with van der Waals surface area (Å²) in [6.07, 6.45) is 5.05. The van der Waals surface area contributed by atoms with Crippen molar-refractivity contribution < 1.29 is 0 Å². The second-order valence-corrected chi connectivity index (χ2v) is 4.55. The van der Waals surface area contributed by atoms with Crippen molar-refractivity contribution in [3.63, 3.8) is 0 Å². The zero-order valence-corrected chi connectivity index (χ0v) is 10.5. The van der Waals surface area contributed by atoms with Crippen molar-refractivity contribution in [2.24, 2.45) is 0 Å². The van der Waals surface area contributed by atoms with Gasteiger partial charge in [0.05, 0.1) is 12.1 Å². The molecule has 0 N–H and O–H groups in total. The van der Waals surface area contributed by atoms with Crippen LogP contribution in [0, 0.1) is 0 Å². The van der Waals surface area contributed by atoms with Crippen LogP contribution in [0.5, 0.6) is 0 Å². The van der Waals surface area contributed by atoms with Gasteiger partial charge in [-0.1, -0.05) is 28.1 Å². The molecule has 0 aliphatic rings. The van der Waals surface area contributed by atoms with Crippen LogP contribution >= 0.6 is 15.9 Å². The molecule has 0 bridgehead atoms. The summed E-state index contributed by atoms with van der Waals surface area (Å²) in [6, 6.07) is 8.08. The second-order valence-electron chi connectivity index (χ2n) is 3.70. The fraction of sp³-hybridized carbons (Fsp3) is 0.0833. The first-order valence-corrected chi connectivity index (χ1v) is 5.98. The summed E-state index contributed by atoms with van der Waals surface area (Å²) in [5.41, 5.74) is 2.13. The van der Waals surface area contributed by atoms with Gasteiger partial charge in [-0.3, -0.25) is 4.98 Å². The molecule has 0 aliphatic heterocycles. The van der Waals surface area contributed by atoms with Crippen molar-refractivity contribution in [2.45, 2.75) is 6.54 Å². The smallest absolute Gasteiger partial charge is 0.137 e. The highest BCUT2D eigenvalue weighted by Gasteiger charge is 2.06. The normalized spacial score (nSPS) is 10.9. The van der Waals surface area contributed by atoms with Gasteiger partial charge in [0.25, 0.3) is 0 Å². The van der Waals surface area contributed by atoms with Gasteiger partial charge in [-0.2, -0.15) is 5.10 Å². The molecule has 0 saturated carbocycles. The summed E-state index contributed by atoms with van der Waals surface area (Å²) >= 11 is 3.53. The van der Waals surface area contributed by atoms with Gasteiger partial charge in [-0.15, -0.1) is 0 Å². The molecular weight excluding hydrogens is 280 g/mol. The highest BCUT2D eigenvalue weighted by Crippen LogP contribution is 2.25. The van der Waals surface area contributed by atoms with Gasteiger partial charge in [-0.25, -0.2) is 9.67 Å². The van der Waals surface area contributed by atoms with E-state index < -0.39 is 0 Å². The van der Waals surface area contributed by atoms with Crippen molar-refractivity contribution in [3.05, 3.63) is 53.2 Å². The van der Waals surface area contributed by atoms with Crippen LogP contribution in [0.25, 0.3) is 10.9 Å². The highest BCUT2D eigenvalue weighted by atomic mass is 79.9. The van der Waals surface area contributed by atoms with Crippen LogP contribution in [0.3, 0.4) is 0 Å². The Hall–Kier alpha value is -1.75. The Labute approximate surface area is 106 Å². The van der Waals surface area contributed by atoms with Crippen LogP contribution in [-0.2, 0) is 6.54 Å². The first-order chi connectivity index (χ1) is 8.34. The van der Waals surface area contributed by atoms with E-state index in [0.29, 0.717) is 6.54 Å². The van der Waals surface area contributed by atoms with E-state index >= 15 is 0 Å². The van der Waals surface area contributed by atoms with Crippen LogP contribution in [0.2, 0.25) is 0 Å². The van der Waals surface area contributed by atoms with E-state index in [1.807, 2.05) is 12.1 Å². The predicted octanol–water partition coefficient (Wildman–Crippen LogP) is 2.64. The SMILES string of the molecule is Brc1ccc(Cn2cncn2)c2ncccc12. The van der Waals surface area contributed by atoms with Gasteiger partial charge < -0.3 is 0 Å². The Morgan fingerprint density at radius 3 is 3.00 bits per heavy atom. The van der Waals surface area contributed by atoms with Crippen LogP contribution in [0.4, 0.5) is 0 Å². The average Bonchev–Trinajstić information content (AvgIpc) is 2.86. The van der Waals surface area contributed by atoms with Gasteiger partial charge in [-0.05, 0) is 17.7 Å². The van der Waals surface area contributed by atoms with E-state index in [1.165, 1.54) is 6.33 Å². The lowest BCUT2D eigenvalue weighted by Gasteiger charge is -2.06. The third kappa shape index (κ3) is 1.93. The Morgan fingerprint density at radius 2 is 2.18 bits per heavy atom. The minimum Gasteiger partial charge on any atom is -0.256 e. The number of rotatable bonds is 2. The molecule has 3 rings (SSSR count). The zero-order chi connectivity index (χ0) is 11.7. The zero-order valence-electron chi connectivity index (χ0n) is 8.92. The number of hydrogen-bond donors (Lipinski definition) is 0. The minimum absolute atomic E-state index is 0.681. The maximum atomic E-state index is 4.43. The van der Waals surface area contributed by atoms with Crippen molar-refractivity contribution in [1.29, 1.82) is 0 Å². The largest absolute Gasteiger partial charge is 0.256 e. The maximum Gasteiger partial charge on any atom is 0.137 e. The summed E-state index contributed by atoms with van der Waals surface area (Å²) < 4.78 is 2.85. The molecule has 4 nitrogen and oxygen atoms in total. The second kappa shape index (κ2) is 4.25. The van der Waals surface area contributed by atoms with Crippen LogP contribution < -0.4 is 0 Å². The molecule has 0 atom stereocenters. The Morgan fingerprint density at radius 1 is 1.24 bits per heavy atom. The molecule has 84 valence electrons. The Bertz CT molecular complexity index is 649. The molecule has 0 spiro atoms. The van der Waals surface area contributed by atoms with Gasteiger partial charge in [0.2, 0.25) is 0 Å². The number of hydrogen-bond acceptors (Lipinski definition) is 3. The Balaban J connectivity index is 2.14. The third-order valence-electron chi connectivity index (χ3n) is 2.60.